The molecule has 0 fully saturated rings. The lowest BCUT2D eigenvalue weighted by atomic mass is 10.1. The number of ether oxygens (including phenoxy) is 1. The number of halogens is 3. The SMILES string of the molecule is CSc1ccc(C(=O)COc2cc(F)c(Cl)cc2Br)cc1. The molecule has 2 aromatic carbocycles. The van der Waals surface area contributed by atoms with Crippen LogP contribution in [0, 0.1) is 5.82 Å². The molecule has 0 aliphatic rings. The molecule has 0 radical (unpaired) electrons. The molecule has 0 spiro atoms. The maximum atomic E-state index is 13.4. The highest BCUT2D eigenvalue weighted by atomic mass is 79.9. The van der Waals surface area contributed by atoms with Crippen molar-refractivity contribution in [1.29, 1.82) is 0 Å². The first kappa shape index (κ1) is 16.3. The number of benzene rings is 2. The fourth-order valence-corrected chi connectivity index (χ4v) is 2.78. The van der Waals surface area contributed by atoms with E-state index in [0.717, 1.165) is 11.0 Å². The van der Waals surface area contributed by atoms with Crippen LogP contribution < -0.4 is 4.74 Å². The van der Waals surface area contributed by atoms with Gasteiger partial charge in [-0.3, -0.25) is 4.79 Å². The normalized spacial score (nSPS) is 10.5. The van der Waals surface area contributed by atoms with Gasteiger partial charge in [-0.2, -0.15) is 0 Å². The van der Waals surface area contributed by atoms with Crippen LogP contribution in [-0.4, -0.2) is 18.6 Å². The van der Waals surface area contributed by atoms with E-state index in [2.05, 4.69) is 15.9 Å². The second kappa shape index (κ2) is 7.29. The Hall–Kier alpha value is -1.04. The Bertz CT molecular complexity index is 661. The summed E-state index contributed by atoms with van der Waals surface area (Å²) in [6, 6.07) is 9.77. The smallest absolute Gasteiger partial charge is 0.200 e. The number of Topliss-reactive ketones (excluding diaryl/α,β-unsaturated/α-hetero) is 1. The third-order valence-corrected chi connectivity index (χ3v) is 4.40. The zero-order chi connectivity index (χ0) is 15.4. The minimum absolute atomic E-state index is 0.00629. The summed E-state index contributed by atoms with van der Waals surface area (Å²) >= 11 is 10.5. The molecular formula is C15H11BrClFO2S. The highest BCUT2D eigenvalue weighted by molar-refractivity contribution is 9.10. The fourth-order valence-electron chi connectivity index (χ4n) is 1.62. The van der Waals surface area contributed by atoms with Crippen LogP contribution in [0.5, 0.6) is 5.75 Å². The molecule has 2 nitrogen and oxygen atoms in total. The van der Waals surface area contributed by atoms with Gasteiger partial charge in [-0.1, -0.05) is 23.7 Å². The molecule has 0 atom stereocenters. The molecular weight excluding hydrogens is 379 g/mol. The third-order valence-electron chi connectivity index (χ3n) is 2.75. The van der Waals surface area contributed by atoms with E-state index >= 15 is 0 Å². The minimum Gasteiger partial charge on any atom is -0.484 e. The van der Waals surface area contributed by atoms with Crippen LogP contribution >= 0.6 is 39.3 Å². The Kier molecular flexibility index (Phi) is 5.67. The number of thioether (sulfide) groups is 1. The van der Waals surface area contributed by atoms with Crippen molar-refractivity contribution in [3.63, 3.8) is 0 Å². The number of rotatable bonds is 5. The van der Waals surface area contributed by atoms with Crippen LogP contribution in [0.3, 0.4) is 0 Å². The van der Waals surface area contributed by atoms with Crippen LogP contribution in [0.15, 0.2) is 45.8 Å². The lowest BCUT2D eigenvalue weighted by molar-refractivity contribution is 0.0920. The molecule has 0 heterocycles. The van der Waals surface area contributed by atoms with Gasteiger partial charge in [0.05, 0.1) is 9.50 Å². The third kappa shape index (κ3) is 4.22. The zero-order valence-corrected chi connectivity index (χ0v) is 14.2. The van der Waals surface area contributed by atoms with Crippen molar-refractivity contribution in [2.75, 3.05) is 12.9 Å². The fraction of sp³-hybridized carbons (Fsp3) is 0.133. The molecule has 0 aromatic heterocycles. The number of ketones is 1. The van der Waals surface area contributed by atoms with Crippen LogP contribution in [-0.2, 0) is 0 Å². The van der Waals surface area contributed by atoms with Crippen LogP contribution in [0.25, 0.3) is 0 Å². The molecule has 0 saturated heterocycles. The highest BCUT2D eigenvalue weighted by Crippen LogP contribution is 2.30. The first-order chi connectivity index (χ1) is 10.0. The zero-order valence-electron chi connectivity index (χ0n) is 11.0. The summed E-state index contributed by atoms with van der Waals surface area (Å²) in [5.41, 5.74) is 0.554. The molecule has 2 rings (SSSR count). The Labute approximate surface area is 139 Å². The largest absolute Gasteiger partial charge is 0.484 e. The van der Waals surface area contributed by atoms with E-state index in [4.69, 9.17) is 16.3 Å². The van der Waals surface area contributed by atoms with Gasteiger partial charge in [-0.15, -0.1) is 11.8 Å². The predicted molar refractivity (Wildman–Crippen MR) is 87.2 cm³/mol. The topological polar surface area (TPSA) is 26.3 Å². The van der Waals surface area contributed by atoms with Crippen LogP contribution in [0.2, 0.25) is 5.02 Å². The van der Waals surface area contributed by atoms with E-state index in [0.29, 0.717) is 10.0 Å². The summed E-state index contributed by atoms with van der Waals surface area (Å²) < 4.78 is 19.2. The Balaban J connectivity index is 2.05. The lowest BCUT2D eigenvalue weighted by Gasteiger charge is -2.09. The molecule has 0 bridgehead atoms. The first-order valence-corrected chi connectivity index (χ1v) is 8.35. The average molecular weight is 390 g/mol. The molecule has 0 saturated carbocycles. The van der Waals surface area contributed by atoms with E-state index in [-0.39, 0.29) is 23.2 Å². The van der Waals surface area contributed by atoms with Gasteiger partial charge in [0.25, 0.3) is 0 Å². The van der Waals surface area contributed by atoms with Gasteiger partial charge in [0, 0.05) is 16.5 Å². The summed E-state index contributed by atoms with van der Waals surface area (Å²) in [5.74, 6) is -0.525. The van der Waals surface area contributed by atoms with Gasteiger partial charge in [0.15, 0.2) is 12.4 Å². The van der Waals surface area contributed by atoms with Crippen molar-refractivity contribution >= 4 is 45.1 Å². The van der Waals surface area contributed by atoms with Crippen molar-refractivity contribution < 1.29 is 13.9 Å². The van der Waals surface area contributed by atoms with Gasteiger partial charge >= 0.3 is 0 Å². The predicted octanol–water partition coefficient (Wildman–Crippen LogP) is 5.23. The van der Waals surface area contributed by atoms with Gasteiger partial charge < -0.3 is 4.74 Å². The lowest BCUT2D eigenvalue weighted by Crippen LogP contribution is -2.11. The number of carbonyl (C=O) groups excluding carboxylic acids is 1. The van der Waals surface area contributed by atoms with E-state index in [1.807, 2.05) is 18.4 Å². The summed E-state index contributed by atoms with van der Waals surface area (Å²) in [4.78, 5) is 13.1. The van der Waals surface area contributed by atoms with E-state index < -0.39 is 5.82 Å². The van der Waals surface area contributed by atoms with E-state index in [1.165, 1.54) is 6.07 Å². The minimum atomic E-state index is -0.591. The number of carbonyl (C=O) groups is 1. The standard InChI is InChI=1S/C15H11BrClFO2S/c1-21-10-4-2-9(3-5-10)14(19)8-20-15-7-13(18)12(17)6-11(15)16/h2-7H,8H2,1H3. The molecule has 0 aliphatic carbocycles. The average Bonchev–Trinajstić information content (AvgIpc) is 2.49. The second-order valence-electron chi connectivity index (χ2n) is 4.14. The van der Waals surface area contributed by atoms with Crippen molar-refractivity contribution in [1.82, 2.24) is 0 Å². The summed E-state index contributed by atoms with van der Waals surface area (Å²) in [6.07, 6.45) is 1.96. The van der Waals surface area contributed by atoms with E-state index in [1.54, 1.807) is 23.9 Å². The molecule has 0 unspecified atom stereocenters. The molecule has 0 aliphatic heterocycles. The highest BCUT2D eigenvalue weighted by Gasteiger charge is 2.11. The molecule has 0 amide bonds. The maximum Gasteiger partial charge on any atom is 0.200 e. The number of hydrogen-bond donors (Lipinski definition) is 0. The monoisotopic (exact) mass is 388 g/mol. The van der Waals surface area contributed by atoms with Gasteiger partial charge in [-0.05, 0) is 40.4 Å². The molecule has 110 valence electrons. The van der Waals surface area contributed by atoms with Gasteiger partial charge in [-0.25, -0.2) is 4.39 Å². The first-order valence-electron chi connectivity index (χ1n) is 5.96. The van der Waals surface area contributed by atoms with Gasteiger partial charge in [0.1, 0.15) is 11.6 Å². The Morgan fingerprint density at radius 1 is 1.33 bits per heavy atom. The second-order valence-corrected chi connectivity index (χ2v) is 6.28. The van der Waals surface area contributed by atoms with Crippen molar-refractivity contribution in [3.05, 3.63) is 57.3 Å². The summed E-state index contributed by atoms with van der Waals surface area (Å²) in [7, 11) is 0. The van der Waals surface area contributed by atoms with Crippen molar-refractivity contribution in [2.45, 2.75) is 4.90 Å². The van der Waals surface area contributed by atoms with Gasteiger partial charge in [0.2, 0.25) is 0 Å². The quantitative estimate of drug-likeness (QED) is 0.398. The maximum absolute atomic E-state index is 13.4. The summed E-state index contributed by atoms with van der Waals surface area (Å²) in [6.45, 7) is -0.168. The molecule has 6 heteroatoms. The van der Waals surface area contributed by atoms with Crippen LogP contribution in [0.4, 0.5) is 4.39 Å². The summed E-state index contributed by atoms with van der Waals surface area (Å²) in [5, 5.41) is -0.00629. The van der Waals surface area contributed by atoms with E-state index in [9.17, 15) is 9.18 Å². The molecule has 0 N–H and O–H groups in total. The Morgan fingerprint density at radius 3 is 2.62 bits per heavy atom. The molecule has 2 aromatic rings. The van der Waals surface area contributed by atoms with Crippen molar-refractivity contribution in [3.8, 4) is 5.75 Å². The van der Waals surface area contributed by atoms with Crippen molar-refractivity contribution in [2.24, 2.45) is 0 Å². The number of hydrogen-bond acceptors (Lipinski definition) is 3. The Morgan fingerprint density at radius 2 is 2.00 bits per heavy atom. The molecule has 21 heavy (non-hydrogen) atoms. The van der Waals surface area contributed by atoms with Crippen LogP contribution in [0.1, 0.15) is 10.4 Å².